The highest BCUT2D eigenvalue weighted by atomic mass is 32.1. The highest BCUT2D eigenvalue weighted by molar-refractivity contribution is 7.80. The second-order valence-electron chi connectivity index (χ2n) is 7.90. The van der Waals surface area contributed by atoms with E-state index >= 15 is 0 Å². The highest BCUT2D eigenvalue weighted by Crippen LogP contribution is 2.40. The second kappa shape index (κ2) is 9.66. The summed E-state index contributed by atoms with van der Waals surface area (Å²) in [5, 5.41) is 3.28. The van der Waals surface area contributed by atoms with Crippen molar-refractivity contribution in [2.75, 3.05) is 43.5 Å². The number of nitrogen functional groups attached to an aromatic ring is 1. The Morgan fingerprint density at radius 1 is 1.30 bits per heavy atom. The maximum Gasteiger partial charge on any atom is 0.219 e. The van der Waals surface area contributed by atoms with Crippen LogP contribution in [0.5, 0.6) is 0 Å². The van der Waals surface area contributed by atoms with Gasteiger partial charge in [-0.05, 0) is 56.2 Å². The Hall–Kier alpha value is -2.32. The molecule has 160 valence electrons. The Morgan fingerprint density at radius 3 is 2.80 bits per heavy atom. The third kappa shape index (κ3) is 4.70. The molecule has 2 aromatic rings. The molecule has 1 saturated heterocycles. The van der Waals surface area contributed by atoms with E-state index in [4.69, 9.17) is 27.7 Å². The molecule has 2 aromatic heterocycles. The molecule has 0 bridgehead atoms. The summed E-state index contributed by atoms with van der Waals surface area (Å²) < 4.78 is 5.55. The summed E-state index contributed by atoms with van der Waals surface area (Å²) in [4.78, 5) is 16.9. The Kier molecular flexibility index (Phi) is 6.74. The van der Waals surface area contributed by atoms with Crippen LogP contribution in [0.3, 0.4) is 0 Å². The number of thiocarbonyl (C=S) groups is 1. The monoisotopic (exact) mass is 426 g/mol. The second-order valence-corrected chi connectivity index (χ2v) is 8.40. The van der Waals surface area contributed by atoms with Gasteiger partial charge in [0.25, 0.3) is 0 Å². The number of pyridine rings is 1. The fraction of sp³-hybridized carbons (Fsp3) is 0.545. The van der Waals surface area contributed by atoms with Crippen LogP contribution in [0.4, 0.5) is 11.8 Å². The number of fused-ring (bicyclic) bond motifs is 1. The van der Waals surface area contributed by atoms with Crippen molar-refractivity contribution >= 4 is 29.0 Å². The topological polar surface area (TPSA) is 89.2 Å². The molecule has 0 saturated carbocycles. The molecule has 8 heteroatoms. The minimum Gasteiger partial charge on any atom is -0.380 e. The van der Waals surface area contributed by atoms with Crippen molar-refractivity contribution in [3.05, 3.63) is 29.7 Å². The average molecular weight is 427 g/mol. The van der Waals surface area contributed by atoms with Crippen LogP contribution in [-0.2, 0) is 11.2 Å². The number of aromatic nitrogens is 3. The molecule has 3 N–H and O–H groups in total. The molecule has 1 unspecified atom stereocenters. The smallest absolute Gasteiger partial charge is 0.219 e. The molecule has 0 spiro atoms. The molecule has 7 nitrogen and oxygen atoms in total. The van der Waals surface area contributed by atoms with E-state index < -0.39 is 0 Å². The summed E-state index contributed by atoms with van der Waals surface area (Å²) in [6.45, 7) is 6.15. The number of nitrogens with one attached hydrogen (secondary N) is 1. The summed E-state index contributed by atoms with van der Waals surface area (Å²) in [5.74, 6) is 1.73. The van der Waals surface area contributed by atoms with Crippen LogP contribution >= 0.6 is 12.2 Å². The van der Waals surface area contributed by atoms with Gasteiger partial charge in [0.2, 0.25) is 5.95 Å². The van der Waals surface area contributed by atoms with E-state index in [1.54, 1.807) is 0 Å². The van der Waals surface area contributed by atoms with Crippen LogP contribution in [0.25, 0.3) is 11.1 Å². The van der Waals surface area contributed by atoms with Gasteiger partial charge in [0, 0.05) is 49.2 Å². The van der Waals surface area contributed by atoms with E-state index in [2.05, 4.69) is 33.2 Å². The van der Waals surface area contributed by atoms with Crippen LogP contribution in [-0.4, -0.2) is 52.8 Å². The summed E-state index contributed by atoms with van der Waals surface area (Å²) in [6.07, 6.45) is 8.91. The number of anilines is 2. The lowest BCUT2D eigenvalue weighted by Crippen LogP contribution is -2.37. The summed E-state index contributed by atoms with van der Waals surface area (Å²) in [5.41, 5.74) is 10.5. The number of ether oxygens (including phenoxy) is 1. The third-order valence-corrected chi connectivity index (χ3v) is 6.27. The molecule has 1 aliphatic heterocycles. The first-order chi connectivity index (χ1) is 14.7. The zero-order valence-electron chi connectivity index (χ0n) is 17.6. The highest BCUT2D eigenvalue weighted by Gasteiger charge is 2.27. The van der Waals surface area contributed by atoms with Gasteiger partial charge < -0.3 is 20.7 Å². The lowest BCUT2D eigenvalue weighted by Gasteiger charge is -2.32. The van der Waals surface area contributed by atoms with E-state index in [-0.39, 0.29) is 0 Å². The maximum absolute atomic E-state index is 5.73. The SMILES string of the molecule is CCNC(=S)CCC1CCCc2c(-c3cnc(N)nc3)cc(N3CCOCC3)nc21. The molecule has 3 heterocycles. The van der Waals surface area contributed by atoms with E-state index in [9.17, 15) is 0 Å². The van der Waals surface area contributed by atoms with Crippen molar-refractivity contribution < 1.29 is 4.74 Å². The van der Waals surface area contributed by atoms with Gasteiger partial charge >= 0.3 is 0 Å². The number of rotatable bonds is 6. The normalized spacial score (nSPS) is 18.7. The summed E-state index contributed by atoms with van der Waals surface area (Å²) in [7, 11) is 0. The van der Waals surface area contributed by atoms with E-state index in [1.807, 2.05) is 12.4 Å². The van der Waals surface area contributed by atoms with E-state index in [1.165, 1.54) is 16.8 Å². The van der Waals surface area contributed by atoms with Crippen molar-refractivity contribution in [2.24, 2.45) is 0 Å². The number of nitrogens with zero attached hydrogens (tertiary/aromatic N) is 4. The van der Waals surface area contributed by atoms with Crippen LogP contribution in [0.1, 0.15) is 49.8 Å². The van der Waals surface area contributed by atoms with Crippen molar-refractivity contribution in [3.8, 4) is 11.1 Å². The number of hydrogen-bond donors (Lipinski definition) is 2. The number of hydrogen-bond acceptors (Lipinski definition) is 7. The van der Waals surface area contributed by atoms with Gasteiger partial charge in [-0.3, -0.25) is 0 Å². The van der Waals surface area contributed by atoms with Crippen LogP contribution in [0, 0.1) is 0 Å². The molecule has 30 heavy (non-hydrogen) atoms. The van der Waals surface area contributed by atoms with Crippen molar-refractivity contribution in [1.82, 2.24) is 20.3 Å². The van der Waals surface area contributed by atoms with Gasteiger partial charge in [-0.15, -0.1) is 0 Å². The zero-order valence-corrected chi connectivity index (χ0v) is 18.4. The predicted octanol–water partition coefficient (Wildman–Crippen LogP) is 3.09. The average Bonchev–Trinajstić information content (AvgIpc) is 2.78. The fourth-order valence-corrected chi connectivity index (χ4v) is 4.66. The summed E-state index contributed by atoms with van der Waals surface area (Å²) >= 11 is 5.48. The van der Waals surface area contributed by atoms with Gasteiger partial charge in [-0.25, -0.2) is 15.0 Å². The molecule has 0 radical (unpaired) electrons. The number of morpholine rings is 1. The van der Waals surface area contributed by atoms with Gasteiger partial charge in [0.15, 0.2) is 0 Å². The molecule has 1 fully saturated rings. The maximum atomic E-state index is 5.73. The first-order valence-electron chi connectivity index (χ1n) is 10.9. The minimum atomic E-state index is 0.296. The van der Waals surface area contributed by atoms with Gasteiger partial charge in [0.1, 0.15) is 5.82 Å². The lowest BCUT2D eigenvalue weighted by atomic mass is 9.81. The standard InChI is InChI=1S/C22H30N6OS/c1-2-24-20(30)7-6-15-4-3-5-17-18(16-13-25-22(23)26-14-16)12-19(27-21(15)17)28-8-10-29-11-9-28/h12-15H,2-11H2,1H3,(H,24,30)(H2,23,25,26). The van der Waals surface area contributed by atoms with E-state index in [0.717, 1.165) is 81.3 Å². The number of nitrogens with two attached hydrogens (primary N) is 1. The summed E-state index contributed by atoms with van der Waals surface area (Å²) in [6, 6.07) is 2.20. The van der Waals surface area contributed by atoms with E-state index in [0.29, 0.717) is 11.9 Å². The third-order valence-electron chi connectivity index (χ3n) is 5.92. The fourth-order valence-electron chi connectivity index (χ4n) is 4.40. The van der Waals surface area contributed by atoms with Crippen LogP contribution in [0.2, 0.25) is 0 Å². The van der Waals surface area contributed by atoms with Crippen molar-refractivity contribution in [1.29, 1.82) is 0 Å². The van der Waals surface area contributed by atoms with Crippen molar-refractivity contribution in [2.45, 2.75) is 44.9 Å². The van der Waals surface area contributed by atoms with Crippen LogP contribution < -0.4 is 16.0 Å². The largest absolute Gasteiger partial charge is 0.380 e. The predicted molar refractivity (Wildman–Crippen MR) is 124 cm³/mol. The van der Waals surface area contributed by atoms with Gasteiger partial charge in [0.05, 0.1) is 18.2 Å². The van der Waals surface area contributed by atoms with Gasteiger partial charge in [-0.1, -0.05) is 12.2 Å². The molecule has 0 aromatic carbocycles. The first kappa shape index (κ1) is 20.9. The molecule has 1 atom stereocenters. The Bertz CT molecular complexity index is 882. The Morgan fingerprint density at radius 2 is 2.07 bits per heavy atom. The molecule has 2 aliphatic rings. The molecular formula is C22H30N6OS. The molecule has 1 aliphatic carbocycles. The quantitative estimate of drug-likeness (QED) is 0.681. The first-order valence-corrected chi connectivity index (χ1v) is 11.3. The van der Waals surface area contributed by atoms with Crippen molar-refractivity contribution in [3.63, 3.8) is 0 Å². The Labute approximate surface area is 183 Å². The molecular weight excluding hydrogens is 396 g/mol. The minimum absolute atomic E-state index is 0.296. The molecule has 0 amide bonds. The zero-order chi connectivity index (χ0) is 20.9. The Balaban J connectivity index is 1.71. The van der Waals surface area contributed by atoms with Crippen LogP contribution in [0.15, 0.2) is 18.5 Å². The molecule has 4 rings (SSSR count). The van der Waals surface area contributed by atoms with Gasteiger partial charge in [-0.2, -0.15) is 0 Å². The lowest BCUT2D eigenvalue weighted by molar-refractivity contribution is 0.122.